The van der Waals surface area contributed by atoms with E-state index < -0.39 is 29.4 Å². The van der Waals surface area contributed by atoms with E-state index in [2.05, 4.69) is 20.9 Å². The molecule has 1 rings (SSSR count). The first-order valence-electron chi connectivity index (χ1n) is 6.60. The maximum Gasteiger partial charge on any atom is 0.326 e. The number of nitrogens with one attached hydrogen (secondary N) is 3. The molecule has 1 heterocycles. The zero-order valence-corrected chi connectivity index (χ0v) is 12.3. The molecule has 1 fully saturated rings. The number of rotatable bonds is 6. The smallest absolute Gasteiger partial charge is 0.326 e. The van der Waals surface area contributed by atoms with E-state index >= 15 is 0 Å². The molecule has 6 N–H and O–H groups in total. The lowest BCUT2D eigenvalue weighted by atomic mass is 10.1. The Labute approximate surface area is 122 Å². The van der Waals surface area contributed by atoms with Crippen molar-refractivity contribution < 1.29 is 24.9 Å². The molecule has 9 nitrogen and oxygen atoms in total. The molecule has 1 aliphatic heterocycles. The Balaban J connectivity index is 2.45. The van der Waals surface area contributed by atoms with Crippen LogP contribution in [0.1, 0.15) is 33.6 Å². The van der Waals surface area contributed by atoms with Crippen LogP contribution in [0.25, 0.3) is 0 Å². The SMILES string of the molecule is CC(=O)N[C@@H](CCCN=C1NC(C)(O)C(C)(O)N1)C(=O)O. The minimum absolute atomic E-state index is 0.233. The van der Waals surface area contributed by atoms with Gasteiger partial charge in [0.1, 0.15) is 6.04 Å². The van der Waals surface area contributed by atoms with Crippen LogP contribution >= 0.6 is 0 Å². The summed E-state index contributed by atoms with van der Waals surface area (Å²) in [6, 6.07) is -0.946. The molecule has 1 saturated heterocycles. The number of nitrogens with zero attached hydrogens (tertiary/aromatic N) is 1. The molecule has 0 bridgehead atoms. The first-order chi connectivity index (χ1) is 9.55. The number of aliphatic hydroxyl groups is 2. The number of carboxylic acids is 1. The van der Waals surface area contributed by atoms with E-state index in [1.165, 1.54) is 20.8 Å². The van der Waals surface area contributed by atoms with Gasteiger partial charge in [0.15, 0.2) is 17.4 Å². The lowest BCUT2D eigenvalue weighted by Gasteiger charge is -2.29. The lowest BCUT2D eigenvalue weighted by Crippen LogP contribution is -2.56. The molecule has 120 valence electrons. The molecule has 2 unspecified atom stereocenters. The quantitative estimate of drug-likeness (QED) is 0.322. The monoisotopic (exact) mass is 302 g/mol. The summed E-state index contributed by atoms with van der Waals surface area (Å²) in [5.74, 6) is -1.27. The average Bonchev–Trinajstić information content (AvgIpc) is 2.51. The molecule has 1 aliphatic rings. The van der Waals surface area contributed by atoms with Crippen molar-refractivity contribution in [3.63, 3.8) is 0 Å². The minimum Gasteiger partial charge on any atom is -0.480 e. The van der Waals surface area contributed by atoms with E-state index in [1.54, 1.807) is 0 Å². The second-order valence-corrected chi connectivity index (χ2v) is 5.36. The maximum atomic E-state index is 10.9. The predicted octanol–water partition coefficient (Wildman–Crippen LogP) is -1.68. The Kier molecular flexibility index (Phi) is 5.13. The predicted molar refractivity (Wildman–Crippen MR) is 74.3 cm³/mol. The lowest BCUT2D eigenvalue weighted by molar-refractivity contribution is -0.141. The fourth-order valence-electron chi connectivity index (χ4n) is 1.80. The standard InChI is InChI=1S/C12H22N4O5/c1-7(17)14-8(9(18)19)5-4-6-13-10-15-11(2,20)12(3,21)16-10/h8,20-21H,4-6H2,1-3H3,(H,14,17)(H,18,19)(H2,13,15,16)/t8-,11?,12?/m0/s1. The Morgan fingerprint density at radius 3 is 2.24 bits per heavy atom. The van der Waals surface area contributed by atoms with Gasteiger partial charge in [0.25, 0.3) is 0 Å². The summed E-state index contributed by atoms with van der Waals surface area (Å²) in [4.78, 5) is 25.9. The summed E-state index contributed by atoms with van der Waals surface area (Å²) in [7, 11) is 0. The van der Waals surface area contributed by atoms with Crippen molar-refractivity contribution in [3.05, 3.63) is 0 Å². The molecule has 3 atom stereocenters. The van der Waals surface area contributed by atoms with E-state index in [4.69, 9.17) is 5.11 Å². The second-order valence-electron chi connectivity index (χ2n) is 5.36. The fraction of sp³-hybridized carbons (Fsp3) is 0.750. The number of aliphatic carboxylic acids is 1. The first-order valence-corrected chi connectivity index (χ1v) is 6.60. The van der Waals surface area contributed by atoms with Gasteiger partial charge in [0.2, 0.25) is 5.91 Å². The summed E-state index contributed by atoms with van der Waals surface area (Å²) in [5.41, 5.74) is -3.10. The van der Waals surface area contributed by atoms with Crippen molar-refractivity contribution >= 4 is 17.8 Å². The largest absolute Gasteiger partial charge is 0.480 e. The zero-order chi connectivity index (χ0) is 16.3. The number of carboxylic acid groups (broad SMARTS) is 1. The van der Waals surface area contributed by atoms with Crippen LogP contribution in [-0.4, -0.2) is 57.2 Å². The Bertz CT molecular complexity index is 429. The van der Waals surface area contributed by atoms with Crippen LogP contribution in [0.5, 0.6) is 0 Å². The molecule has 0 aliphatic carbocycles. The molecule has 0 radical (unpaired) electrons. The van der Waals surface area contributed by atoms with Crippen LogP contribution in [0.2, 0.25) is 0 Å². The van der Waals surface area contributed by atoms with Crippen molar-refractivity contribution in [1.82, 2.24) is 16.0 Å². The second kappa shape index (κ2) is 6.27. The number of carbonyl (C=O) groups excluding carboxylic acids is 1. The van der Waals surface area contributed by atoms with E-state index in [1.807, 2.05) is 0 Å². The summed E-state index contributed by atoms with van der Waals surface area (Å²) < 4.78 is 0. The van der Waals surface area contributed by atoms with Crippen molar-refractivity contribution in [1.29, 1.82) is 0 Å². The highest BCUT2D eigenvalue weighted by molar-refractivity contribution is 5.84. The third-order valence-electron chi connectivity index (χ3n) is 3.27. The van der Waals surface area contributed by atoms with Gasteiger partial charge in [0.05, 0.1) is 0 Å². The van der Waals surface area contributed by atoms with Gasteiger partial charge in [-0.1, -0.05) is 0 Å². The Morgan fingerprint density at radius 2 is 1.81 bits per heavy atom. The van der Waals surface area contributed by atoms with Gasteiger partial charge in [-0.25, -0.2) is 4.79 Å². The van der Waals surface area contributed by atoms with E-state index in [0.29, 0.717) is 6.42 Å². The first kappa shape index (κ1) is 17.2. The summed E-state index contributed by atoms with van der Waals surface area (Å²) in [6.45, 7) is 4.34. The van der Waals surface area contributed by atoms with Gasteiger partial charge in [0, 0.05) is 13.5 Å². The number of hydrogen-bond donors (Lipinski definition) is 6. The summed E-state index contributed by atoms with van der Waals surface area (Å²) >= 11 is 0. The van der Waals surface area contributed by atoms with Crippen LogP contribution in [0.15, 0.2) is 4.99 Å². The molecule has 21 heavy (non-hydrogen) atoms. The molecule has 9 heteroatoms. The van der Waals surface area contributed by atoms with Crippen LogP contribution in [0, 0.1) is 0 Å². The van der Waals surface area contributed by atoms with Crippen molar-refractivity contribution in [2.45, 2.75) is 51.1 Å². The molecular weight excluding hydrogens is 280 g/mol. The Morgan fingerprint density at radius 1 is 1.29 bits per heavy atom. The van der Waals surface area contributed by atoms with Gasteiger partial charge < -0.3 is 31.3 Å². The van der Waals surface area contributed by atoms with Gasteiger partial charge in [-0.05, 0) is 26.7 Å². The number of aliphatic imine (C=N–C) groups is 1. The fourth-order valence-corrected chi connectivity index (χ4v) is 1.80. The average molecular weight is 302 g/mol. The highest BCUT2D eigenvalue weighted by Gasteiger charge is 2.49. The van der Waals surface area contributed by atoms with Crippen molar-refractivity contribution in [2.24, 2.45) is 4.99 Å². The molecule has 0 aromatic rings. The van der Waals surface area contributed by atoms with Crippen molar-refractivity contribution in [3.8, 4) is 0 Å². The van der Waals surface area contributed by atoms with Crippen molar-refractivity contribution in [2.75, 3.05) is 6.54 Å². The summed E-state index contributed by atoms with van der Waals surface area (Å²) in [5, 5.41) is 36.3. The number of hydrogen-bond acceptors (Lipinski definition) is 5. The molecule has 0 saturated carbocycles. The molecule has 0 spiro atoms. The van der Waals surface area contributed by atoms with Gasteiger partial charge >= 0.3 is 5.97 Å². The molecule has 0 aromatic heterocycles. The van der Waals surface area contributed by atoms with Gasteiger partial charge in [-0.3, -0.25) is 9.79 Å². The highest BCUT2D eigenvalue weighted by Crippen LogP contribution is 2.20. The molecular formula is C12H22N4O5. The van der Waals surface area contributed by atoms with Crippen LogP contribution in [0.4, 0.5) is 0 Å². The summed E-state index contributed by atoms with van der Waals surface area (Å²) in [6.07, 6.45) is 0.660. The third-order valence-corrected chi connectivity index (χ3v) is 3.27. The van der Waals surface area contributed by atoms with E-state index in [-0.39, 0.29) is 18.9 Å². The Hall–Kier alpha value is -1.87. The van der Waals surface area contributed by atoms with Gasteiger partial charge in [-0.2, -0.15) is 0 Å². The van der Waals surface area contributed by atoms with E-state index in [0.717, 1.165) is 0 Å². The van der Waals surface area contributed by atoms with Gasteiger partial charge in [-0.15, -0.1) is 0 Å². The number of amides is 1. The number of guanidine groups is 1. The highest BCUT2D eigenvalue weighted by atomic mass is 16.4. The topological polar surface area (TPSA) is 143 Å². The number of carbonyl (C=O) groups is 2. The normalized spacial score (nSPS) is 29.3. The minimum atomic E-state index is -1.55. The third kappa shape index (κ3) is 4.57. The van der Waals surface area contributed by atoms with Crippen LogP contribution in [0.3, 0.4) is 0 Å². The van der Waals surface area contributed by atoms with Crippen LogP contribution in [-0.2, 0) is 9.59 Å². The van der Waals surface area contributed by atoms with E-state index in [9.17, 15) is 19.8 Å². The molecule has 0 aromatic carbocycles. The van der Waals surface area contributed by atoms with Crippen LogP contribution < -0.4 is 16.0 Å². The molecule has 1 amide bonds. The zero-order valence-electron chi connectivity index (χ0n) is 12.3. The maximum absolute atomic E-state index is 10.9.